The van der Waals surface area contributed by atoms with E-state index in [0.717, 1.165) is 29.9 Å². The van der Waals surface area contributed by atoms with Crippen molar-refractivity contribution in [2.45, 2.75) is 33.2 Å². The normalized spacial score (nSPS) is 12.5. The Morgan fingerprint density at radius 1 is 1.29 bits per heavy atom. The van der Waals surface area contributed by atoms with E-state index in [9.17, 15) is 8.42 Å². The molecule has 0 aromatic carbocycles. The minimum atomic E-state index is -2.98. The molecule has 0 aliphatic carbocycles. The quantitative estimate of drug-likeness (QED) is 0.562. The first-order chi connectivity index (χ1) is 9.91. The number of aryl methyl sites for hydroxylation is 2. The van der Waals surface area contributed by atoms with E-state index in [2.05, 4.69) is 20.8 Å². The lowest BCUT2D eigenvalue weighted by molar-refractivity contribution is 0.380. The average Bonchev–Trinajstić information content (AvgIpc) is 2.83. The lowest BCUT2D eigenvalue weighted by atomic mass is 10.1. The van der Waals surface area contributed by atoms with E-state index in [1.165, 1.54) is 6.26 Å². The molecule has 0 aliphatic rings. The Morgan fingerprint density at radius 2 is 2.00 bits per heavy atom. The summed E-state index contributed by atoms with van der Waals surface area (Å²) in [5.74, 6) is 1.50. The average molecular weight is 316 g/mol. The summed E-state index contributed by atoms with van der Waals surface area (Å²) in [6.45, 7) is 4.92. The van der Waals surface area contributed by atoms with Crippen LogP contribution in [0.1, 0.15) is 30.9 Å². The van der Waals surface area contributed by atoms with E-state index in [1.54, 1.807) is 7.05 Å². The molecule has 0 amide bonds. The molecule has 0 saturated carbocycles. The van der Waals surface area contributed by atoms with Crippen LogP contribution in [0.4, 0.5) is 0 Å². The monoisotopic (exact) mass is 316 g/mol. The number of aromatic nitrogens is 1. The highest BCUT2D eigenvalue weighted by molar-refractivity contribution is 7.90. The Bertz CT molecular complexity index is 557. The zero-order valence-electron chi connectivity index (χ0n) is 13.1. The molecular formula is C13H24N4O3S. The predicted molar refractivity (Wildman–Crippen MR) is 83.2 cm³/mol. The summed E-state index contributed by atoms with van der Waals surface area (Å²) in [6.07, 6.45) is 2.80. The molecule has 0 fully saturated rings. The van der Waals surface area contributed by atoms with E-state index in [4.69, 9.17) is 4.52 Å². The van der Waals surface area contributed by atoms with Crippen molar-refractivity contribution < 1.29 is 12.9 Å². The Labute approximate surface area is 126 Å². The number of aliphatic imine (C=N–C) groups is 1. The molecule has 1 aromatic heterocycles. The second kappa shape index (κ2) is 8.02. The molecule has 0 spiro atoms. The van der Waals surface area contributed by atoms with Crippen molar-refractivity contribution in [3.8, 4) is 0 Å². The highest BCUT2D eigenvalue weighted by atomic mass is 32.2. The van der Waals surface area contributed by atoms with Crippen LogP contribution < -0.4 is 10.6 Å². The molecule has 2 N–H and O–H groups in total. The molecule has 120 valence electrons. The van der Waals surface area contributed by atoms with Gasteiger partial charge in [-0.3, -0.25) is 4.99 Å². The standard InChI is InChI=1S/C13H24N4O3S/c1-5-11-10(12(6-2)20-17-11)9-16-13(14-3)15-7-8-21(4,18)19/h5-9H2,1-4H3,(H2,14,15,16). The molecule has 0 saturated heterocycles. The van der Waals surface area contributed by atoms with Crippen LogP contribution in [-0.2, 0) is 29.2 Å². The van der Waals surface area contributed by atoms with E-state index < -0.39 is 9.84 Å². The van der Waals surface area contributed by atoms with Crippen LogP contribution >= 0.6 is 0 Å². The van der Waals surface area contributed by atoms with Crippen LogP contribution in [0.25, 0.3) is 0 Å². The van der Waals surface area contributed by atoms with Crippen molar-refractivity contribution in [2.24, 2.45) is 4.99 Å². The number of rotatable bonds is 7. The fourth-order valence-electron chi connectivity index (χ4n) is 1.89. The molecule has 0 atom stereocenters. The van der Waals surface area contributed by atoms with Gasteiger partial charge in [-0.25, -0.2) is 8.42 Å². The summed E-state index contributed by atoms with van der Waals surface area (Å²) >= 11 is 0. The van der Waals surface area contributed by atoms with E-state index >= 15 is 0 Å². The van der Waals surface area contributed by atoms with Crippen molar-refractivity contribution in [1.29, 1.82) is 0 Å². The van der Waals surface area contributed by atoms with Gasteiger partial charge in [0.25, 0.3) is 0 Å². The maximum absolute atomic E-state index is 11.1. The summed E-state index contributed by atoms with van der Waals surface area (Å²) < 4.78 is 27.5. The molecule has 1 heterocycles. The molecule has 8 heteroatoms. The number of hydrogen-bond donors (Lipinski definition) is 2. The van der Waals surface area contributed by atoms with Crippen LogP contribution in [0, 0.1) is 0 Å². The van der Waals surface area contributed by atoms with Crippen LogP contribution in [0.2, 0.25) is 0 Å². The second-order valence-electron chi connectivity index (χ2n) is 4.72. The first-order valence-corrected chi connectivity index (χ1v) is 9.05. The molecule has 7 nitrogen and oxygen atoms in total. The first-order valence-electron chi connectivity index (χ1n) is 6.99. The molecular weight excluding hydrogens is 292 g/mol. The fraction of sp³-hybridized carbons (Fsp3) is 0.692. The van der Waals surface area contributed by atoms with Crippen molar-refractivity contribution >= 4 is 15.8 Å². The molecule has 21 heavy (non-hydrogen) atoms. The molecule has 1 aromatic rings. The highest BCUT2D eigenvalue weighted by Crippen LogP contribution is 2.15. The lowest BCUT2D eigenvalue weighted by Crippen LogP contribution is -2.39. The van der Waals surface area contributed by atoms with Gasteiger partial charge in [-0.1, -0.05) is 19.0 Å². The Hall–Kier alpha value is -1.57. The molecule has 0 bridgehead atoms. The summed E-state index contributed by atoms with van der Waals surface area (Å²) in [7, 11) is -1.33. The molecule has 1 rings (SSSR count). The fourth-order valence-corrected chi connectivity index (χ4v) is 2.36. The molecule has 0 unspecified atom stereocenters. The van der Waals surface area contributed by atoms with Gasteiger partial charge in [0.1, 0.15) is 15.6 Å². The second-order valence-corrected chi connectivity index (χ2v) is 6.98. The lowest BCUT2D eigenvalue weighted by Gasteiger charge is -2.11. The van der Waals surface area contributed by atoms with E-state index in [0.29, 0.717) is 19.0 Å². The van der Waals surface area contributed by atoms with Crippen molar-refractivity contribution in [3.63, 3.8) is 0 Å². The van der Waals surface area contributed by atoms with Gasteiger partial charge in [0.2, 0.25) is 0 Å². The van der Waals surface area contributed by atoms with Crippen molar-refractivity contribution in [1.82, 2.24) is 15.8 Å². The minimum Gasteiger partial charge on any atom is -0.361 e. The van der Waals surface area contributed by atoms with Gasteiger partial charge in [-0.2, -0.15) is 0 Å². The topological polar surface area (TPSA) is 96.6 Å². The predicted octanol–water partition coefficient (Wildman–Crippen LogP) is 0.509. The van der Waals surface area contributed by atoms with Gasteiger partial charge < -0.3 is 15.2 Å². The SMILES string of the molecule is CCc1noc(CC)c1CNC(=NC)NCCS(C)(=O)=O. The Balaban J connectivity index is 2.58. The van der Waals surface area contributed by atoms with Gasteiger partial charge >= 0.3 is 0 Å². The van der Waals surface area contributed by atoms with Gasteiger partial charge in [0.05, 0.1) is 11.4 Å². The minimum absolute atomic E-state index is 0.0708. The molecule has 0 aliphatic heterocycles. The maximum atomic E-state index is 11.1. The zero-order valence-corrected chi connectivity index (χ0v) is 13.9. The van der Waals surface area contributed by atoms with Gasteiger partial charge in [-0.15, -0.1) is 0 Å². The number of nitrogens with zero attached hydrogens (tertiary/aromatic N) is 2. The highest BCUT2D eigenvalue weighted by Gasteiger charge is 2.13. The third kappa shape index (κ3) is 5.74. The van der Waals surface area contributed by atoms with Crippen LogP contribution in [0.15, 0.2) is 9.52 Å². The third-order valence-electron chi connectivity index (χ3n) is 3.03. The van der Waals surface area contributed by atoms with E-state index in [-0.39, 0.29) is 5.75 Å². The Morgan fingerprint density at radius 3 is 2.52 bits per heavy atom. The first kappa shape index (κ1) is 17.5. The zero-order chi connectivity index (χ0) is 15.9. The maximum Gasteiger partial charge on any atom is 0.191 e. The summed E-state index contributed by atoms with van der Waals surface area (Å²) in [5.41, 5.74) is 1.98. The van der Waals surface area contributed by atoms with E-state index in [1.807, 2.05) is 13.8 Å². The summed E-state index contributed by atoms with van der Waals surface area (Å²) in [4.78, 5) is 4.07. The molecule has 0 radical (unpaired) electrons. The Kier molecular flexibility index (Phi) is 6.67. The number of hydrogen-bond acceptors (Lipinski definition) is 5. The van der Waals surface area contributed by atoms with Crippen LogP contribution in [-0.4, -0.2) is 45.1 Å². The third-order valence-corrected chi connectivity index (χ3v) is 3.97. The number of nitrogens with one attached hydrogen (secondary N) is 2. The van der Waals surface area contributed by atoms with Gasteiger partial charge in [0, 0.05) is 38.4 Å². The van der Waals surface area contributed by atoms with Crippen LogP contribution in [0.5, 0.6) is 0 Å². The van der Waals surface area contributed by atoms with Crippen molar-refractivity contribution in [3.05, 3.63) is 17.0 Å². The number of guanidine groups is 1. The van der Waals surface area contributed by atoms with Crippen LogP contribution in [0.3, 0.4) is 0 Å². The largest absolute Gasteiger partial charge is 0.361 e. The van der Waals surface area contributed by atoms with Gasteiger partial charge in [0.15, 0.2) is 5.96 Å². The summed E-state index contributed by atoms with van der Waals surface area (Å²) in [6, 6.07) is 0. The van der Waals surface area contributed by atoms with Gasteiger partial charge in [-0.05, 0) is 6.42 Å². The summed E-state index contributed by atoms with van der Waals surface area (Å²) in [5, 5.41) is 10.2. The smallest absolute Gasteiger partial charge is 0.191 e. The number of sulfone groups is 1. The van der Waals surface area contributed by atoms with Crippen molar-refractivity contribution in [2.75, 3.05) is 25.6 Å².